The Hall–Kier alpha value is -1.49. The third kappa shape index (κ3) is 3.43. The molecule has 6 heteroatoms. The fourth-order valence-corrected chi connectivity index (χ4v) is 3.96. The van der Waals surface area contributed by atoms with Crippen LogP contribution < -0.4 is 0 Å². The number of nitrogens with zero attached hydrogens (tertiary/aromatic N) is 1. The van der Waals surface area contributed by atoms with Crippen LogP contribution in [0.2, 0.25) is 10.0 Å². The van der Waals surface area contributed by atoms with Gasteiger partial charge in [-0.15, -0.1) is 0 Å². The summed E-state index contributed by atoms with van der Waals surface area (Å²) in [5, 5.41) is 11.0. The lowest BCUT2D eigenvalue weighted by Gasteiger charge is -2.33. The summed E-state index contributed by atoms with van der Waals surface area (Å²) in [4.78, 5) is 16.9. The number of Topliss-reactive ketones (excluding diaryl/α,β-unsaturated/α-hetero) is 1. The van der Waals surface area contributed by atoms with Crippen molar-refractivity contribution in [1.82, 2.24) is 4.98 Å². The number of aromatic nitrogens is 1. The van der Waals surface area contributed by atoms with E-state index in [9.17, 15) is 9.90 Å². The van der Waals surface area contributed by atoms with Crippen LogP contribution in [0, 0.1) is 0 Å². The Labute approximate surface area is 155 Å². The average Bonchev–Trinajstić information content (AvgIpc) is 2.58. The molecule has 0 bridgehead atoms. The minimum absolute atomic E-state index is 0.00226. The van der Waals surface area contributed by atoms with Gasteiger partial charge in [-0.1, -0.05) is 42.3 Å². The van der Waals surface area contributed by atoms with Crippen LogP contribution in [0.1, 0.15) is 55.0 Å². The van der Waals surface area contributed by atoms with E-state index in [0.717, 1.165) is 5.56 Å². The van der Waals surface area contributed by atoms with Gasteiger partial charge in [0.15, 0.2) is 11.5 Å². The molecule has 1 aromatic carbocycles. The Kier molecular flexibility index (Phi) is 5.14. The number of aliphatic hydroxyl groups excluding tert-OH is 1. The lowest BCUT2D eigenvalue weighted by molar-refractivity contribution is -0.133. The van der Waals surface area contributed by atoms with Crippen LogP contribution in [0.15, 0.2) is 36.5 Å². The summed E-state index contributed by atoms with van der Waals surface area (Å²) in [6, 6.07) is 8.18. The van der Waals surface area contributed by atoms with Crippen LogP contribution in [0.25, 0.3) is 0 Å². The number of carbonyl (C=O) groups excluding carboxylic acids is 1. The molecular weight excluding hydrogens is 364 g/mol. The molecule has 1 aromatic heterocycles. The van der Waals surface area contributed by atoms with Gasteiger partial charge in [0, 0.05) is 28.2 Å². The van der Waals surface area contributed by atoms with Crippen molar-refractivity contribution in [1.29, 1.82) is 0 Å². The molecule has 3 nitrogen and oxygen atoms in total. The zero-order chi connectivity index (χ0) is 18.2. The Bertz CT molecular complexity index is 814. The zero-order valence-electron chi connectivity index (χ0n) is 13.7. The van der Waals surface area contributed by atoms with E-state index in [1.54, 1.807) is 24.3 Å². The first kappa shape index (κ1) is 18.3. The Morgan fingerprint density at radius 2 is 2.20 bits per heavy atom. The fraction of sp³-hybridized carbons (Fsp3) is 0.368. The molecule has 0 unspecified atom stereocenters. The van der Waals surface area contributed by atoms with E-state index >= 15 is 4.39 Å². The molecule has 3 rings (SSSR count). The van der Waals surface area contributed by atoms with Crippen molar-refractivity contribution in [2.75, 3.05) is 0 Å². The minimum Gasteiger partial charge on any atom is -0.387 e. The van der Waals surface area contributed by atoms with E-state index < -0.39 is 17.6 Å². The molecule has 0 fully saturated rings. The number of hydrogen-bond donors (Lipinski definition) is 1. The second-order valence-corrected chi connectivity index (χ2v) is 7.33. The van der Waals surface area contributed by atoms with E-state index in [2.05, 4.69) is 4.98 Å². The highest BCUT2D eigenvalue weighted by Crippen LogP contribution is 2.44. The highest BCUT2D eigenvalue weighted by Gasteiger charge is 2.46. The summed E-state index contributed by atoms with van der Waals surface area (Å²) in [5.41, 5.74) is -0.948. The second kappa shape index (κ2) is 7.02. The molecule has 132 valence electrons. The van der Waals surface area contributed by atoms with Gasteiger partial charge in [0.25, 0.3) is 0 Å². The first-order valence-electron chi connectivity index (χ1n) is 8.13. The fourth-order valence-electron chi connectivity index (χ4n) is 3.37. The molecule has 1 heterocycles. The summed E-state index contributed by atoms with van der Waals surface area (Å²) in [6.07, 6.45) is 0.780. The lowest BCUT2D eigenvalue weighted by atomic mass is 9.76. The van der Waals surface area contributed by atoms with Gasteiger partial charge in [0.05, 0.1) is 11.8 Å². The number of rotatable bonds is 4. The van der Waals surface area contributed by atoms with E-state index in [1.165, 1.54) is 12.3 Å². The molecule has 0 saturated heterocycles. The van der Waals surface area contributed by atoms with Crippen LogP contribution >= 0.6 is 23.2 Å². The quantitative estimate of drug-likeness (QED) is 0.796. The molecule has 1 aliphatic rings. The first-order valence-corrected chi connectivity index (χ1v) is 8.89. The van der Waals surface area contributed by atoms with Crippen molar-refractivity contribution < 1.29 is 14.3 Å². The van der Waals surface area contributed by atoms with Crippen molar-refractivity contribution in [2.24, 2.45) is 0 Å². The van der Waals surface area contributed by atoms with Crippen LogP contribution in [-0.4, -0.2) is 15.9 Å². The van der Waals surface area contributed by atoms with Gasteiger partial charge < -0.3 is 5.11 Å². The summed E-state index contributed by atoms with van der Waals surface area (Å²) >= 11 is 12.1. The second-order valence-electron chi connectivity index (χ2n) is 6.49. The molecule has 0 spiro atoms. The Balaban J connectivity index is 1.87. The molecule has 3 atom stereocenters. The number of halogens is 3. The number of ketones is 1. The number of aliphatic hydroxyl groups is 1. The van der Waals surface area contributed by atoms with Crippen molar-refractivity contribution in [3.8, 4) is 0 Å². The monoisotopic (exact) mass is 381 g/mol. The predicted molar refractivity (Wildman–Crippen MR) is 95.7 cm³/mol. The molecule has 0 amide bonds. The van der Waals surface area contributed by atoms with Crippen molar-refractivity contribution in [3.05, 3.63) is 63.4 Å². The molecule has 0 saturated carbocycles. The summed E-state index contributed by atoms with van der Waals surface area (Å²) in [5.74, 6) is -0.774. The minimum atomic E-state index is -2.13. The average molecular weight is 382 g/mol. The standard InChI is InChI=1S/C19H18Cl2FNO2/c1-11(13-5-4-12(20)10-15(13)21)9-17(25)19(22)7-6-16(24)18-14(19)3-2-8-23-18/h2-5,8,10-11,16,24H,6-7,9H2,1H3/t11-,16+,19-/m0/s1. The van der Waals surface area contributed by atoms with Crippen LogP contribution in [0.3, 0.4) is 0 Å². The summed E-state index contributed by atoms with van der Waals surface area (Å²) < 4.78 is 15.6. The lowest BCUT2D eigenvalue weighted by Crippen LogP contribution is -2.37. The number of pyridine rings is 1. The smallest absolute Gasteiger partial charge is 0.195 e. The topological polar surface area (TPSA) is 50.2 Å². The Morgan fingerprint density at radius 3 is 2.92 bits per heavy atom. The number of fused-ring (bicyclic) bond motifs is 1. The SMILES string of the molecule is C[C@@H](CC(=O)[C@]1(F)CC[C@@H](O)c2ncccc21)c1ccc(Cl)cc1Cl. The van der Waals surface area contributed by atoms with Crippen molar-refractivity contribution >= 4 is 29.0 Å². The summed E-state index contributed by atoms with van der Waals surface area (Å²) in [7, 11) is 0. The molecule has 0 aliphatic heterocycles. The largest absolute Gasteiger partial charge is 0.387 e. The maximum absolute atomic E-state index is 15.6. The molecule has 1 aliphatic carbocycles. The molecular formula is C19H18Cl2FNO2. The van der Waals surface area contributed by atoms with E-state index in [0.29, 0.717) is 10.0 Å². The number of carbonyl (C=O) groups is 1. The van der Waals surface area contributed by atoms with E-state index in [-0.39, 0.29) is 36.4 Å². The number of alkyl halides is 1. The maximum Gasteiger partial charge on any atom is 0.195 e. The van der Waals surface area contributed by atoms with Gasteiger partial charge in [-0.2, -0.15) is 0 Å². The third-order valence-electron chi connectivity index (χ3n) is 4.77. The van der Waals surface area contributed by atoms with Crippen LogP contribution in [0.4, 0.5) is 4.39 Å². The van der Waals surface area contributed by atoms with Gasteiger partial charge in [-0.3, -0.25) is 9.78 Å². The van der Waals surface area contributed by atoms with Gasteiger partial charge in [0.2, 0.25) is 0 Å². The van der Waals surface area contributed by atoms with Crippen LogP contribution in [-0.2, 0) is 10.5 Å². The van der Waals surface area contributed by atoms with Crippen molar-refractivity contribution in [3.63, 3.8) is 0 Å². The molecule has 0 radical (unpaired) electrons. The van der Waals surface area contributed by atoms with Gasteiger partial charge >= 0.3 is 0 Å². The van der Waals surface area contributed by atoms with Gasteiger partial charge in [-0.05, 0) is 42.5 Å². The normalized spacial score (nSPS) is 23.8. The van der Waals surface area contributed by atoms with Crippen molar-refractivity contribution in [2.45, 2.75) is 43.9 Å². The number of hydrogen-bond acceptors (Lipinski definition) is 3. The maximum atomic E-state index is 15.6. The molecule has 25 heavy (non-hydrogen) atoms. The predicted octanol–water partition coefficient (Wildman–Crippen LogP) is 5.14. The molecule has 2 aromatic rings. The summed E-state index contributed by atoms with van der Waals surface area (Å²) in [6.45, 7) is 1.83. The number of benzene rings is 1. The van der Waals surface area contributed by atoms with E-state index in [1.807, 2.05) is 6.92 Å². The van der Waals surface area contributed by atoms with Gasteiger partial charge in [-0.25, -0.2) is 4.39 Å². The first-order chi connectivity index (χ1) is 11.8. The Morgan fingerprint density at radius 1 is 1.44 bits per heavy atom. The zero-order valence-corrected chi connectivity index (χ0v) is 15.2. The van der Waals surface area contributed by atoms with Gasteiger partial charge in [0.1, 0.15) is 0 Å². The molecule has 1 N–H and O–H groups in total. The van der Waals surface area contributed by atoms with Crippen LogP contribution in [0.5, 0.6) is 0 Å². The van der Waals surface area contributed by atoms with E-state index in [4.69, 9.17) is 23.2 Å². The third-order valence-corrected chi connectivity index (χ3v) is 5.33. The highest BCUT2D eigenvalue weighted by molar-refractivity contribution is 6.35. The highest BCUT2D eigenvalue weighted by atomic mass is 35.5.